The first-order chi connectivity index (χ1) is 9.56. The zero-order chi connectivity index (χ0) is 14.0. The summed E-state index contributed by atoms with van der Waals surface area (Å²) in [5.41, 5.74) is 6.78. The van der Waals surface area contributed by atoms with Gasteiger partial charge in [0.25, 0.3) is 0 Å². The number of allylic oxidation sites excluding steroid dienone is 2. The summed E-state index contributed by atoms with van der Waals surface area (Å²) in [6.07, 6.45) is 15.1. The molecular weight excluding hydrogens is 246 g/mol. The van der Waals surface area contributed by atoms with Crippen LogP contribution in [0.15, 0.2) is 24.3 Å². The van der Waals surface area contributed by atoms with Crippen LogP contribution < -0.4 is 5.73 Å². The predicted octanol–water partition coefficient (Wildman–Crippen LogP) is 3.29. The Bertz CT molecular complexity index is 470. The Kier molecular flexibility index (Phi) is 2.75. The molecule has 20 heavy (non-hydrogen) atoms. The quantitative estimate of drug-likeness (QED) is 0.687. The summed E-state index contributed by atoms with van der Waals surface area (Å²) < 4.78 is 6.46. The maximum absolute atomic E-state index is 6.46. The molecule has 0 aromatic carbocycles. The lowest BCUT2D eigenvalue weighted by molar-refractivity contribution is -0.160. The van der Waals surface area contributed by atoms with Crippen LogP contribution in [0.25, 0.3) is 0 Å². The standard InChI is InChI=1S/C18H27NO/c1-17-10-4-3-5-12(17)6-7-13-14-8-9-15(19)18(14,2)11-20-16(13)17/h4,6-7,10,12-16H,3,5,8-9,11,19H2,1-2H3/t12?,13-,14-,15?,16+,17-,18-/m0/s1. The third-order valence-corrected chi connectivity index (χ3v) is 6.97. The van der Waals surface area contributed by atoms with Gasteiger partial charge in [0.15, 0.2) is 0 Å². The molecule has 1 saturated carbocycles. The van der Waals surface area contributed by atoms with Crippen LogP contribution >= 0.6 is 0 Å². The third kappa shape index (κ3) is 1.52. The van der Waals surface area contributed by atoms with Crippen LogP contribution in [0.4, 0.5) is 0 Å². The minimum Gasteiger partial charge on any atom is -0.376 e. The molecule has 4 rings (SSSR count). The van der Waals surface area contributed by atoms with Crippen molar-refractivity contribution in [1.29, 1.82) is 0 Å². The molecule has 0 aromatic heterocycles. The molecule has 2 nitrogen and oxygen atoms in total. The van der Waals surface area contributed by atoms with Crippen molar-refractivity contribution in [3.63, 3.8) is 0 Å². The topological polar surface area (TPSA) is 35.2 Å². The number of hydrogen-bond acceptors (Lipinski definition) is 2. The SMILES string of the molecule is C[C@]12C=CCCC1C=C[C@@H]1[C@H]2OC[C@]2(C)C(N)CC[C@@H]12. The van der Waals surface area contributed by atoms with Crippen LogP contribution in [0.1, 0.15) is 39.5 Å². The molecule has 2 N–H and O–H groups in total. The average molecular weight is 273 g/mol. The molecule has 0 bridgehead atoms. The van der Waals surface area contributed by atoms with Gasteiger partial charge in [-0.2, -0.15) is 0 Å². The molecule has 1 aliphatic heterocycles. The minimum atomic E-state index is 0.188. The van der Waals surface area contributed by atoms with Gasteiger partial charge in [0.1, 0.15) is 0 Å². The van der Waals surface area contributed by atoms with Crippen LogP contribution in [0.3, 0.4) is 0 Å². The van der Waals surface area contributed by atoms with E-state index in [1.54, 1.807) is 0 Å². The largest absolute Gasteiger partial charge is 0.376 e. The van der Waals surface area contributed by atoms with E-state index in [2.05, 4.69) is 38.2 Å². The molecule has 2 unspecified atom stereocenters. The fraction of sp³-hybridized carbons (Fsp3) is 0.778. The second-order valence-corrected chi connectivity index (χ2v) is 7.94. The van der Waals surface area contributed by atoms with Crippen LogP contribution in [0.2, 0.25) is 0 Å². The van der Waals surface area contributed by atoms with Crippen molar-refractivity contribution in [2.45, 2.75) is 51.7 Å². The number of nitrogens with two attached hydrogens (primary N) is 1. The maximum Gasteiger partial charge on any atom is 0.0734 e. The van der Waals surface area contributed by atoms with Crippen molar-refractivity contribution >= 4 is 0 Å². The highest BCUT2D eigenvalue weighted by atomic mass is 16.5. The molecule has 110 valence electrons. The molecule has 3 aliphatic carbocycles. The van der Waals surface area contributed by atoms with Gasteiger partial charge < -0.3 is 10.5 Å². The van der Waals surface area contributed by atoms with Gasteiger partial charge in [-0.25, -0.2) is 0 Å². The Morgan fingerprint density at radius 1 is 1.15 bits per heavy atom. The van der Waals surface area contributed by atoms with Crippen molar-refractivity contribution in [2.24, 2.45) is 34.3 Å². The summed E-state index contributed by atoms with van der Waals surface area (Å²) >= 11 is 0. The summed E-state index contributed by atoms with van der Waals surface area (Å²) in [5, 5.41) is 0. The normalized spacial score (nSPS) is 57.0. The van der Waals surface area contributed by atoms with Gasteiger partial charge >= 0.3 is 0 Å². The van der Waals surface area contributed by atoms with E-state index >= 15 is 0 Å². The molecule has 0 radical (unpaired) electrons. The highest BCUT2D eigenvalue weighted by Gasteiger charge is 2.58. The van der Waals surface area contributed by atoms with Gasteiger partial charge in [0, 0.05) is 22.8 Å². The van der Waals surface area contributed by atoms with Crippen molar-refractivity contribution in [1.82, 2.24) is 0 Å². The fourth-order valence-corrected chi connectivity index (χ4v) is 5.48. The van der Waals surface area contributed by atoms with Crippen LogP contribution in [0.5, 0.6) is 0 Å². The predicted molar refractivity (Wildman–Crippen MR) is 81.1 cm³/mol. The lowest BCUT2D eigenvalue weighted by Gasteiger charge is -2.56. The molecule has 7 atom stereocenters. The van der Waals surface area contributed by atoms with E-state index in [9.17, 15) is 0 Å². The Morgan fingerprint density at radius 2 is 2.00 bits per heavy atom. The molecular formula is C18H27NO. The molecule has 1 saturated heterocycles. The molecule has 2 fully saturated rings. The fourth-order valence-electron chi connectivity index (χ4n) is 5.48. The zero-order valence-electron chi connectivity index (χ0n) is 12.7. The van der Waals surface area contributed by atoms with Gasteiger partial charge in [0.2, 0.25) is 0 Å². The summed E-state index contributed by atoms with van der Waals surface area (Å²) in [6, 6.07) is 0.314. The van der Waals surface area contributed by atoms with Gasteiger partial charge in [-0.15, -0.1) is 0 Å². The van der Waals surface area contributed by atoms with Gasteiger partial charge in [-0.3, -0.25) is 0 Å². The highest BCUT2D eigenvalue weighted by Crippen LogP contribution is 2.58. The van der Waals surface area contributed by atoms with E-state index in [0.29, 0.717) is 29.9 Å². The number of fused-ring (bicyclic) bond motifs is 5. The van der Waals surface area contributed by atoms with Crippen LogP contribution in [-0.2, 0) is 4.74 Å². The lowest BCUT2D eigenvalue weighted by atomic mass is 9.56. The van der Waals surface area contributed by atoms with Crippen LogP contribution in [-0.4, -0.2) is 18.8 Å². The van der Waals surface area contributed by atoms with E-state index in [1.807, 2.05) is 0 Å². The van der Waals surface area contributed by atoms with Crippen molar-refractivity contribution in [2.75, 3.05) is 6.61 Å². The second-order valence-electron chi connectivity index (χ2n) is 7.94. The summed E-state index contributed by atoms with van der Waals surface area (Å²) in [4.78, 5) is 0. The first-order valence-corrected chi connectivity index (χ1v) is 8.29. The van der Waals surface area contributed by atoms with Gasteiger partial charge in [-0.05, 0) is 37.5 Å². The van der Waals surface area contributed by atoms with E-state index < -0.39 is 0 Å². The Morgan fingerprint density at radius 3 is 2.85 bits per heavy atom. The lowest BCUT2D eigenvalue weighted by Crippen LogP contribution is -2.58. The first kappa shape index (κ1) is 13.1. The molecule has 4 aliphatic rings. The van der Waals surface area contributed by atoms with Crippen molar-refractivity contribution in [3.8, 4) is 0 Å². The molecule has 1 heterocycles. The number of rotatable bonds is 0. The van der Waals surface area contributed by atoms with E-state index in [-0.39, 0.29) is 10.8 Å². The van der Waals surface area contributed by atoms with E-state index in [4.69, 9.17) is 10.5 Å². The highest BCUT2D eigenvalue weighted by molar-refractivity contribution is 5.24. The summed E-state index contributed by atoms with van der Waals surface area (Å²) in [5.74, 6) is 1.93. The van der Waals surface area contributed by atoms with E-state index in [0.717, 1.165) is 13.0 Å². The second kappa shape index (κ2) is 4.20. The molecule has 2 heteroatoms. The monoisotopic (exact) mass is 273 g/mol. The molecule has 0 amide bonds. The van der Waals surface area contributed by atoms with Crippen molar-refractivity contribution < 1.29 is 4.74 Å². The van der Waals surface area contributed by atoms with Gasteiger partial charge in [-0.1, -0.05) is 38.2 Å². The Labute approximate surface area is 122 Å². The Hall–Kier alpha value is -0.600. The summed E-state index contributed by atoms with van der Waals surface area (Å²) in [6.45, 7) is 5.61. The smallest absolute Gasteiger partial charge is 0.0734 e. The van der Waals surface area contributed by atoms with Crippen molar-refractivity contribution in [3.05, 3.63) is 24.3 Å². The molecule has 0 aromatic rings. The minimum absolute atomic E-state index is 0.188. The average Bonchev–Trinajstić information content (AvgIpc) is 2.74. The summed E-state index contributed by atoms with van der Waals surface area (Å²) in [7, 11) is 0. The first-order valence-electron chi connectivity index (χ1n) is 8.29. The third-order valence-electron chi connectivity index (χ3n) is 6.97. The number of hydrogen-bond donors (Lipinski definition) is 1. The zero-order valence-corrected chi connectivity index (χ0v) is 12.7. The van der Waals surface area contributed by atoms with E-state index in [1.165, 1.54) is 19.3 Å². The van der Waals surface area contributed by atoms with Gasteiger partial charge in [0.05, 0.1) is 12.7 Å². The van der Waals surface area contributed by atoms with Crippen LogP contribution in [0, 0.1) is 28.6 Å². The number of ether oxygens (including phenoxy) is 1. The maximum atomic E-state index is 6.46. The molecule has 0 spiro atoms. The Balaban J connectivity index is 1.73.